The highest BCUT2D eigenvalue weighted by molar-refractivity contribution is 8.00. The van der Waals surface area contributed by atoms with Gasteiger partial charge in [0.15, 0.2) is 6.61 Å². The SMILES string of the molecule is O=C(COC(=O)CSc1ccc([N+](=O)[O-])cc1)NCc1cccc(Cl)c1. The van der Waals surface area contributed by atoms with Crippen LogP contribution in [0.4, 0.5) is 5.69 Å². The van der Waals surface area contributed by atoms with Crippen LogP contribution in [0.15, 0.2) is 53.4 Å². The average molecular weight is 395 g/mol. The minimum Gasteiger partial charge on any atom is -0.455 e. The van der Waals surface area contributed by atoms with E-state index < -0.39 is 16.8 Å². The molecule has 0 aliphatic heterocycles. The summed E-state index contributed by atoms with van der Waals surface area (Å²) in [4.78, 5) is 34.1. The summed E-state index contributed by atoms with van der Waals surface area (Å²) in [5, 5.41) is 13.8. The number of esters is 1. The molecular formula is C17H15ClN2O5S. The van der Waals surface area contributed by atoms with E-state index in [1.165, 1.54) is 23.9 Å². The quantitative estimate of drug-likeness (QED) is 0.319. The van der Waals surface area contributed by atoms with Crippen LogP contribution in [0.3, 0.4) is 0 Å². The molecule has 0 saturated carbocycles. The number of hydrogen-bond acceptors (Lipinski definition) is 6. The standard InChI is InChI=1S/C17H15ClN2O5S/c18-13-3-1-2-12(8-13)9-19-16(21)10-25-17(22)11-26-15-6-4-14(5-7-15)20(23)24/h1-8H,9-11H2,(H,19,21). The lowest BCUT2D eigenvalue weighted by atomic mass is 10.2. The Kier molecular flexibility index (Phi) is 7.43. The minimum atomic E-state index is -0.550. The molecule has 0 aliphatic carbocycles. The van der Waals surface area contributed by atoms with Crippen molar-refractivity contribution in [1.82, 2.24) is 5.32 Å². The number of carbonyl (C=O) groups is 2. The molecule has 0 fully saturated rings. The first-order valence-corrected chi connectivity index (χ1v) is 8.84. The molecule has 0 spiro atoms. The first-order valence-electron chi connectivity index (χ1n) is 7.48. The lowest BCUT2D eigenvalue weighted by molar-refractivity contribution is -0.384. The van der Waals surface area contributed by atoms with E-state index in [9.17, 15) is 19.7 Å². The summed E-state index contributed by atoms with van der Waals surface area (Å²) in [7, 11) is 0. The van der Waals surface area contributed by atoms with Gasteiger partial charge >= 0.3 is 5.97 Å². The van der Waals surface area contributed by atoms with Gasteiger partial charge in [0, 0.05) is 28.6 Å². The molecule has 0 unspecified atom stereocenters. The largest absolute Gasteiger partial charge is 0.455 e. The number of halogens is 1. The van der Waals surface area contributed by atoms with Gasteiger partial charge in [-0.05, 0) is 29.8 Å². The van der Waals surface area contributed by atoms with Crippen molar-refractivity contribution in [1.29, 1.82) is 0 Å². The number of amides is 1. The molecule has 0 heterocycles. The van der Waals surface area contributed by atoms with Crippen molar-refractivity contribution in [2.75, 3.05) is 12.4 Å². The number of benzene rings is 2. The molecule has 0 atom stereocenters. The summed E-state index contributed by atoms with van der Waals surface area (Å²) in [6, 6.07) is 12.9. The number of carbonyl (C=O) groups excluding carboxylic acids is 2. The number of nitro groups is 1. The van der Waals surface area contributed by atoms with Crippen molar-refractivity contribution >= 4 is 40.9 Å². The third-order valence-electron chi connectivity index (χ3n) is 3.15. The molecule has 1 amide bonds. The van der Waals surface area contributed by atoms with E-state index in [2.05, 4.69) is 5.32 Å². The second-order valence-corrected chi connectivity index (χ2v) is 6.59. The number of nitro benzene ring substituents is 1. The van der Waals surface area contributed by atoms with Crippen molar-refractivity contribution < 1.29 is 19.2 Å². The predicted molar refractivity (Wildman–Crippen MR) is 98.1 cm³/mol. The van der Waals surface area contributed by atoms with Crippen LogP contribution in [0.2, 0.25) is 5.02 Å². The number of rotatable bonds is 8. The Hall–Kier alpha value is -2.58. The molecular weight excluding hydrogens is 380 g/mol. The predicted octanol–water partition coefficient (Wildman–Crippen LogP) is 3.20. The van der Waals surface area contributed by atoms with Gasteiger partial charge in [-0.15, -0.1) is 11.8 Å². The summed E-state index contributed by atoms with van der Waals surface area (Å²) >= 11 is 7.02. The Morgan fingerprint density at radius 1 is 1.19 bits per heavy atom. The van der Waals surface area contributed by atoms with E-state index in [0.717, 1.165) is 5.56 Å². The highest BCUT2D eigenvalue weighted by Gasteiger charge is 2.09. The van der Waals surface area contributed by atoms with Gasteiger partial charge in [0.2, 0.25) is 0 Å². The first-order chi connectivity index (χ1) is 12.4. The Labute approximate surface area is 158 Å². The van der Waals surface area contributed by atoms with Crippen LogP contribution in [0.1, 0.15) is 5.56 Å². The van der Waals surface area contributed by atoms with Crippen molar-refractivity contribution in [2.45, 2.75) is 11.4 Å². The zero-order chi connectivity index (χ0) is 18.9. The molecule has 0 saturated heterocycles. The Balaban J connectivity index is 1.67. The molecule has 2 aromatic carbocycles. The third-order valence-corrected chi connectivity index (χ3v) is 4.37. The van der Waals surface area contributed by atoms with Crippen LogP contribution in [-0.4, -0.2) is 29.2 Å². The van der Waals surface area contributed by atoms with Crippen molar-refractivity contribution in [3.63, 3.8) is 0 Å². The summed E-state index contributed by atoms with van der Waals surface area (Å²) in [5.41, 5.74) is 0.819. The summed E-state index contributed by atoms with van der Waals surface area (Å²) in [5.74, 6) is -0.968. The van der Waals surface area contributed by atoms with E-state index in [1.807, 2.05) is 6.07 Å². The molecule has 26 heavy (non-hydrogen) atoms. The molecule has 9 heteroatoms. The van der Waals surface area contributed by atoms with Gasteiger partial charge in [-0.1, -0.05) is 23.7 Å². The van der Waals surface area contributed by atoms with Crippen LogP contribution in [0.25, 0.3) is 0 Å². The fourth-order valence-corrected chi connectivity index (χ4v) is 2.80. The van der Waals surface area contributed by atoms with Crippen LogP contribution >= 0.6 is 23.4 Å². The van der Waals surface area contributed by atoms with Gasteiger partial charge in [0.05, 0.1) is 10.7 Å². The maximum absolute atomic E-state index is 11.7. The Bertz CT molecular complexity index is 798. The van der Waals surface area contributed by atoms with E-state index in [1.54, 1.807) is 30.3 Å². The molecule has 0 aromatic heterocycles. The van der Waals surface area contributed by atoms with Gasteiger partial charge < -0.3 is 10.1 Å². The van der Waals surface area contributed by atoms with E-state index in [4.69, 9.17) is 16.3 Å². The zero-order valence-electron chi connectivity index (χ0n) is 13.5. The van der Waals surface area contributed by atoms with Gasteiger partial charge in [-0.25, -0.2) is 0 Å². The first kappa shape index (κ1) is 19.7. The van der Waals surface area contributed by atoms with E-state index >= 15 is 0 Å². The van der Waals surface area contributed by atoms with Gasteiger partial charge in [0.25, 0.3) is 11.6 Å². The molecule has 0 bridgehead atoms. The highest BCUT2D eigenvalue weighted by Crippen LogP contribution is 2.21. The molecule has 2 aromatic rings. The smallest absolute Gasteiger partial charge is 0.316 e. The van der Waals surface area contributed by atoms with E-state index in [0.29, 0.717) is 9.92 Å². The number of ether oxygens (including phenoxy) is 1. The van der Waals surface area contributed by atoms with Gasteiger partial charge in [0.1, 0.15) is 0 Å². The molecule has 1 N–H and O–H groups in total. The van der Waals surface area contributed by atoms with Crippen LogP contribution in [0.5, 0.6) is 0 Å². The second kappa shape index (κ2) is 9.79. The van der Waals surface area contributed by atoms with Crippen molar-refractivity contribution in [2.24, 2.45) is 0 Å². The molecule has 0 aliphatic rings. The van der Waals surface area contributed by atoms with Gasteiger partial charge in [-0.2, -0.15) is 0 Å². The monoisotopic (exact) mass is 394 g/mol. The van der Waals surface area contributed by atoms with Crippen LogP contribution < -0.4 is 5.32 Å². The van der Waals surface area contributed by atoms with Crippen LogP contribution in [-0.2, 0) is 20.9 Å². The number of thioether (sulfide) groups is 1. The Morgan fingerprint density at radius 3 is 2.58 bits per heavy atom. The van der Waals surface area contributed by atoms with E-state index in [-0.39, 0.29) is 24.6 Å². The lowest BCUT2D eigenvalue weighted by Gasteiger charge is -2.07. The maximum atomic E-state index is 11.7. The van der Waals surface area contributed by atoms with Crippen molar-refractivity contribution in [3.8, 4) is 0 Å². The van der Waals surface area contributed by atoms with Gasteiger partial charge in [-0.3, -0.25) is 19.7 Å². The number of nitrogens with one attached hydrogen (secondary N) is 1. The van der Waals surface area contributed by atoms with Crippen LogP contribution in [0, 0.1) is 10.1 Å². The minimum absolute atomic E-state index is 0.000611. The second-order valence-electron chi connectivity index (χ2n) is 5.11. The lowest BCUT2D eigenvalue weighted by Crippen LogP contribution is -2.28. The molecule has 2 rings (SSSR count). The number of nitrogens with zero attached hydrogens (tertiary/aromatic N) is 1. The molecule has 136 valence electrons. The zero-order valence-corrected chi connectivity index (χ0v) is 15.1. The fraction of sp³-hybridized carbons (Fsp3) is 0.176. The highest BCUT2D eigenvalue weighted by atomic mass is 35.5. The molecule has 0 radical (unpaired) electrons. The summed E-state index contributed by atoms with van der Waals surface area (Å²) in [6.45, 7) is -0.0886. The topological polar surface area (TPSA) is 98.5 Å². The summed E-state index contributed by atoms with van der Waals surface area (Å²) in [6.07, 6.45) is 0. The normalized spacial score (nSPS) is 10.2. The number of hydrogen-bond donors (Lipinski definition) is 1. The average Bonchev–Trinajstić information content (AvgIpc) is 2.63. The summed E-state index contributed by atoms with van der Waals surface area (Å²) < 4.78 is 4.89. The fourth-order valence-electron chi connectivity index (χ4n) is 1.89. The molecule has 7 nitrogen and oxygen atoms in total. The number of non-ortho nitro benzene ring substituents is 1. The van der Waals surface area contributed by atoms with Crippen molar-refractivity contribution in [3.05, 3.63) is 69.2 Å². The Morgan fingerprint density at radius 2 is 1.92 bits per heavy atom. The third kappa shape index (κ3) is 6.73. The maximum Gasteiger partial charge on any atom is 0.316 e.